The first kappa shape index (κ1) is 19.0. The number of hydrogen-bond donors (Lipinski definition) is 0. The first-order chi connectivity index (χ1) is 13.0. The van der Waals surface area contributed by atoms with Gasteiger partial charge in [0.2, 0.25) is 0 Å². The number of thioether (sulfide) groups is 1. The summed E-state index contributed by atoms with van der Waals surface area (Å²) < 4.78 is 1.92. The van der Waals surface area contributed by atoms with Gasteiger partial charge in [-0.2, -0.15) is 0 Å². The second kappa shape index (κ2) is 8.31. The molecule has 5 nitrogen and oxygen atoms in total. The lowest BCUT2D eigenvalue weighted by molar-refractivity contribution is 0.0776. The summed E-state index contributed by atoms with van der Waals surface area (Å²) in [4.78, 5) is 21.3. The van der Waals surface area contributed by atoms with Crippen molar-refractivity contribution < 1.29 is 4.79 Å². The molecule has 3 aromatic rings. The highest BCUT2D eigenvalue weighted by atomic mass is 32.2. The van der Waals surface area contributed by atoms with Gasteiger partial charge in [-0.15, -0.1) is 0 Å². The van der Waals surface area contributed by atoms with E-state index in [-0.39, 0.29) is 5.91 Å². The molecule has 0 N–H and O–H groups in total. The Balaban J connectivity index is 1.84. The molecule has 0 aliphatic heterocycles. The Labute approximate surface area is 164 Å². The van der Waals surface area contributed by atoms with Crippen LogP contribution in [0.25, 0.3) is 5.69 Å². The maximum Gasteiger partial charge on any atom is 0.272 e. The summed E-state index contributed by atoms with van der Waals surface area (Å²) >= 11 is 1.52. The van der Waals surface area contributed by atoms with Gasteiger partial charge in [-0.05, 0) is 36.1 Å². The Morgan fingerprint density at radius 2 is 1.70 bits per heavy atom. The van der Waals surface area contributed by atoms with E-state index in [1.807, 2.05) is 62.3 Å². The Morgan fingerprint density at radius 3 is 2.30 bits per heavy atom. The summed E-state index contributed by atoms with van der Waals surface area (Å²) in [6.07, 6.45) is 3.62. The van der Waals surface area contributed by atoms with Gasteiger partial charge in [0.25, 0.3) is 5.91 Å². The molecule has 1 heterocycles. The van der Waals surface area contributed by atoms with Crippen molar-refractivity contribution >= 4 is 23.4 Å². The van der Waals surface area contributed by atoms with E-state index in [0.29, 0.717) is 12.2 Å². The molecular formula is C21H24N4OS. The molecule has 27 heavy (non-hydrogen) atoms. The normalized spacial score (nSPS) is 10.7. The second-order valence-electron chi connectivity index (χ2n) is 6.52. The molecule has 0 radical (unpaired) electrons. The van der Waals surface area contributed by atoms with E-state index in [1.54, 1.807) is 11.1 Å². The molecule has 0 unspecified atom stereocenters. The van der Waals surface area contributed by atoms with Gasteiger partial charge in [-0.3, -0.25) is 9.36 Å². The molecule has 1 amide bonds. The van der Waals surface area contributed by atoms with Gasteiger partial charge < -0.3 is 9.80 Å². The average molecular weight is 381 g/mol. The first-order valence-electron chi connectivity index (χ1n) is 8.70. The number of hydrogen-bond acceptors (Lipinski definition) is 4. The van der Waals surface area contributed by atoms with Crippen molar-refractivity contribution in [3.8, 4) is 5.69 Å². The van der Waals surface area contributed by atoms with E-state index >= 15 is 0 Å². The molecule has 140 valence electrons. The van der Waals surface area contributed by atoms with Crippen LogP contribution in [-0.2, 0) is 6.54 Å². The maximum absolute atomic E-state index is 13.1. The predicted molar refractivity (Wildman–Crippen MR) is 112 cm³/mol. The quantitative estimate of drug-likeness (QED) is 0.608. The van der Waals surface area contributed by atoms with Crippen molar-refractivity contribution in [2.24, 2.45) is 0 Å². The molecule has 1 aromatic heterocycles. The SMILES string of the molecule is CSc1ncc(C(=O)N(C)Cc2ccc(N(C)C)cc2)n1-c1ccccc1. The Kier molecular flexibility index (Phi) is 5.86. The summed E-state index contributed by atoms with van der Waals surface area (Å²) in [5, 5.41) is 0.799. The van der Waals surface area contributed by atoms with Crippen LogP contribution in [0.3, 0.4) is 0 Å². The molecule has 0 saturated carbocycles. The topological polar surface area (TPSA) is 41.4 Å². The second-order valence-corrected chi connectivity index (χ2v) is 7.30. The van der Waals surface area contributed by atoms with Crippen LogP contribution in [0.4, 0.5) is 5.69 Å². The maximum atomic E-state index is 13.1. The van der Waals surface area contributed by atoms with Crippen LogP contribution < -0.4 is 4.90 Å². The lowest BCUT2D eigenvalue weighted by Crippen LogP contribution is -2.28. The smallest absolute Gasteiger partial charge is 0.272 e. The van der Waals surface area contributed by atoms with Gasteiger partial charge in [-0.25, -0.2) is 4.98 Å². The number of rotatable bonds is 6. The predicted octanol–water partition coefficient (Wildman–Crippen LogP) is 3.93. The van der Waals surface area contributed by atoms with Crippen LogP contribution in [0.2, 0.25) is 0 Å². The van der Waals surface area contributed by atoms with E-state index in [2.05, 4.69) is 34.1 Å². The zero-order chi connectivity index (χ0) is 19.4. The van der Waals surface area contributed by atoms with Gasteiger partial charge in [0.15, 0.2) is 5.16 Å². The standard InChI is InChI=1S/C21H24N4OS/c1-23(2)17-12-10-16(11-13-17)15-24(3)20(26)19-14-22-21(27-4)25(19)18-8-6-5-7-9-18/h5-14H,15H2,1-4H3. The van der Waals surface area contributed by atoms with Crippen molar-refractivity contribution in [2.75, 3.05) is 32.3 Å². The molecule has 0 atom stereocenters. The van der Waals surface area contributed by atoms with Crippen molar-refractivity contribution in [3.05, 3.63) is 72.1 Å². The summed E-state index contributed by atoms with van der Waals surface area (Å²) in [6.45, 7) is 0.543. The lowest BCUT2D eigenvalue weighted by Gasteiger charge is -2.19. The highest BCUT2D eigenvalue weighted by Gasteiger charge is 2.20. The monoisotopic (exact) mass is 380 g/mol. The number of anilines is 1. The minimum Gasteiger partial charge on any atom is -0.378 e. The summed E-state index contributed by atoms with van der Waals surface area (Å²) in [6, 6.07) is 18.1. The highest BCUT2D eigenvalue weighted by molar-refractivity contribution is 7.98. The van der Waals surface area contributed by atoms with Crippen LogP contribution in [0.15, 0.2) is 66.0 Å². The van der Waals surface area contributed by atoms with E-state index < -0.39 is 0 Å². The lowest BCUT2D eigenvalue weighted by atomic mass is 10.2. The third kappa shape index (κ3) is 4.17. The van der Waals surface area contributed by atoms with Gasteiger partial charge in [-0.1, -0.05) is 42.1 Å². The summed E-state index contributed by atoms with van der Waals surface area (Å²) in [5.41, 5.74) is 3.73. The largest absolute Gasteiger partial charge is 0.378 e. The molecule has 0 bridgehead atoms. The number of para-hydroxylation sites is 1. The molecule has 0 aliphatic rings. The van der Waals surface area contributed by atoms with Crippen molar-refractivity contribution in [2.45, 2.75) is 11.7 Å². The minimum atomic E-state index is -0.0525. The zero-order valence-electron chi connectivity index (χ0n) is 16.1. The fourth-order valence-corrected chi connectivity index (χ4v) is 3.44. The molecule has 0 fully saturated rings. The van der Waals surface area contributed by atoms with Gasteiger partial charge >= 0.3 is 0 Å². The third-order valence-electron chi connectivity index (χ3n) is 4.36. The average Bonchev–Trinajstić information content (AvgIpc) is 3.12. The Morgan fingerprint density at radius 1 is 1.04 bits per heavy atom. The van der Waals surface area contributed by atoms with Crippen LogP contribution in [0.5, 0.6) is 0 Å². The van der Waals surface area contributed by atoms with Crippen LogP contribution in [0, 0.1) is 0 Å². The number of carbonyl (C=O) groups is 1. The number of benzene rings is 2. The van der Waals surface area contributed by atoms with Crippen molar-refractivity contribution in [1.29, 1.82) is 0 Å². The molecule has 0 spiro atoms. The van der Waals surface area contributed by atoms with Crippen molar-refractivity contribution in [1.82, 2.24) is 14.5 Å². The van der Waals surface area contributed by atoms with E-state index in [0.717, 1.165) is 22.1 Å². The highest BCUT2D eigenvalue weighted by Crippen LogP contribution is 2.23. The number of carbonyl (C=O) groups excluding carboxylic acids is 1. The number of aromatic nitrogens is 2. The van der Waals surface area contributed by atoms with Gasteiger partial charge in [0.1, 0.15) is 5.69 Å². The van der Waals surface area contributed by atoms with Crippen LogP contribution in [-0.4, -0.2) is 47.8 Å². The van der Waals surface area contributed by atoms with Gasteiger partial charge in [0.05, 0.1) is 6.20 Å². The number of imidazole rings is 1. The van der Waals surface area contributed by atoms with Gasteiger partial charge in [0, 0.05) is 39.1 Å². The molecular weight excluding hydrogens is 356 g/mol. The van der Waals surface area contributed by atoms with Crippen LogP contribution in [0.1, 0.15) is 16.1 Å². The zero-order valence-corrected chi connectivity index (χ0v) is 16.9. The summed E-state index contributed by atoms with van der Waals surface area (Å²) in [5.74, 6) is -0.0525. The Bertz CT molecular complexity index is 904. The minimum absolute atomic E-state index is 0.0525. The molecule has 0 saturated heterocycles. The number of nitrogens with zero attached hydrogens (tertiary/aromatic N) is 4. The third-order valence-corrected chi connectivity index (χ3v) is 5.02. The Hall–Kier alpha value is -2.73. The fourth-order valence-electron chi connectivity index (χ4n) is 2.90. The van der Waals surface area contributed by atoms with E-state index in [4.69, 9.17) is 0 Å². The summed E-state index contributed by atoms with van der Waals surface area (Å²) in [7, 11) is 5.85. The fraction of sp³-hybridized carbons (Fsp3) is 0.238. The molecule has 2 aromatic carbocycles. The van der Waals surface area contributed by atoms with E-state index in [9.17, 15) is 4.79 Å². The van der Waals surface area contributed by atoms with E-state index in [1.165, 1.54) is 11.8 Å². The van der Waals surface area contributed by atoms with Crippen molar-refractivity contribution in [3.63, 3.8) is 0 Å². The van der Waals surface area contributed by atoms with Crippen LogP contribution >= 0.6 is 11.8 Å². The number of amides is 1. The molecule has 0 aliphatic carbocycles. The molecule has 3 rings (SSSR count). The first-order valence-corrected chi connectivity index (χ1v) is 9.92. The molecule has 6 heteroatoms.